The van der Waals surface area contributed by atoms with Crippen LogP contribution in [-0.2, 0) is 9.59 Å². The van der Waals surface area contributed by atoms with Crippen LogP contribution in [0.1, 0.15) is 232 Å². The third kappa shape index (κ3) is 43.0. The number of carbonyl (C=O) groups is 2. The fraction of sp³-hybridized carbons (Fsp3) is 0.949. The summed E-state index contributed by atoms with van der Waals surface area (Å²) in [6.07, 6.45) is 41.9. The van der Waals surface area contributed by atoms with E-state index < -0.39 is 18.0 Å². The average Bonchev–Trinajstić information content (AvgIpc) is 3.00. The van der Waals surface area contributed by atoms with Crippen molar-refractivity contribution < 1.29 is 24.9 Å². The molecule has 0 aromatic rings. The molecule has 0 amide bonds. The summed E-state index contributed by atoms with van der Waals surface area (Å²) in [4.78, 5) is 20.8. The van der Waals surface area contributed by atoms with Crippen molar-refractivity contribution in [3.63, 3.8) is 0 Å². The monoisotopic (exact) mass is 627 g/mol. The Labute approximate surface area is 274 Å². The van der Waals surface area contributed by atoms with Gasteiger partial charge in [-0.3, -0.25) is 4.79 Å². The molecule has 44 heavy (non-hydrogen) atoms. The molecule has 0 aromatic heterocycles. The zero-order valence-electron chi connectivity index (χ0n) is 29.8. The molecular weight excluding hydrogens is 548 g/mol. The van der Waals surface area contributed by atoms with E-state index in [-0.39, 0.29) is 0 Å². The van der Waals surface area contributed by atoms with E-state index in [9.17, 15) is 9.59 Å². The first-order chi connectivity index (χ1) is 21.5. The minimum atomic E-state index is -1.16. The molecular formula is C39H78O5. The number of unbranched alkanes of at least 4 members (excludes halogenated alkanes) is 30. The Balaban J connectivity index is 0. The highest BCUT2D eigenvalue weighted by Gasteiger charge is 2.11. The Morgan fingerprint density at radius 1 is 0.386 bits per heavy atom. The second-order valence-electron chi connectivity index (χ2n) is 13.4. The molecule has 3 N–H and O–H groups in total. The summed E-state index contributed by atoms with van der Waals surface area (Å²) < 4.78 is 0. The van der Waals surface area contributed by atoms with Crippen molar-refractivity contribution in [2.24, 2.45) is 0 Å². The van der Waals surface area contributed by atoms with Gasteiger partial charge < -0.3 is 15.3 Å². The summed E-state index contributed by atoms with van der Waals surface area (Å²) in [7, 11) is 0. The molecule has 0 fully saturated rings. The van der Waals surface area contributed by atoms with Crippen LogP contribution in [0.2, 0.25) is 0 Å². The van der Waals surface area contributed by atoms with E-state index in [1.165, 1.54) is 180 Å². The molecule has 0 rings (SSSR count). The summed E-state index contributed by atoms with van der Waals surface area (Å²) in [5.74, 6) is -1.74. The lowest BCUT2D eigenvalue weighted by atomic mass is 10.0. The van der Waals surface area contributed by atoms with Crippen LogP contribution in [0.3, 0.4) is 0 Å². The van der Waals surface area contributed by atoms with Gasteiger partial charge in [0.25, 0.3) is 0 Å². The number of aliphatic hydroxyl groups excluding tert-OH is 1. The van der Waals surface area contributed by atoms with Gasteiger partial charge in [0, 0.05) is 6.42 Å². The van der Waals surface area contributed by atoms with Gasteiger partial charge >= 0.3 is 11.9 Å². The summed E-state index contributed by atoms with van der Waals surface area (Å²) in [6, 6.07) is 0. The average molecular weight is 627 g/mol. The molecule has 0 heterocycles. The zero-order chi connectivity index (χ0) is 32.8. The second-order valence-corrected chi connectivity index (χ2v) is 13.4. The molecule has 0 radical (unpaired) electrons. The predicted molar refractivity (Wildman–Crippen MR) is 190 cm³/mol. The maximum atomic E-state index is 10.4. The second kappa shape index (κ2) is 39.9. The van der Waals surface area contributed by atoms with E-state index in [0.29, 0.717) is 12.8 Å². The summed E-state index contributed by atoms with van der Waals surface area (Å²) in [5, 5.41) is 26.2. The lowest BCUT2D eigenvalue weighted by molar-refractivity contribution is -0.147. The molecule has 0 saturated heterocycles. The molecule has 0 aromatic carbocycles. The Bertz CT molecular complexity index is 565. The fourth-order valence-corrected chi connectivity index (χ4v) is 5.83. The normalized spacial score (nSPS) is 11.7. The van der Waals surface area contributed by atoms with Gasteiger partial charge in [0.15, 0.2) is 6.10 Å². The molecule has 5 nitrogen and oxygen atoms in total. The lowest BCUT2D eigenvalue weighted by Crippen LogP contribution is -2.18. The molecule has 0 aliphatic rings. The van der Waals surface area contributed by atoms with Gasteiger partial charge in [-0.25, -0.2) is 4.79 Å². The van der Waals surface area contributed by atoms with Crippen molar-refractivity contribution >= 4 is 11.9 Å². The number of hydrogen-bond acceptors (Lipinski definition) is 3. The maximum absolute atomic E-state index is 10.4. The topological polar surface area (TPSA) is 94.8 Å². The van der Waals surface area contributed by atoms with Crippen molar-refractivity contribution in [3.05, 3.63) is 0 Å². The van der Waals surface area contributed by atoms with Crippen LogP contribution in [0.4, 0.5) is 0 Å². The van der Waals surface area contributed by atoms with Gasteiger partial charge in [-0.15, -0.1) is 0 Å². The molecule has 1 unspecified atom stereocenters. The number of carboxylic acids is 2. The van der Waals surface area contributed by atoms with E-state index in [2.05, 4.69) is 13.8 Å². The van der Waals surface area contributed by atoms with Crippen LogP contribution in [0, 0.1) is 0 Å². The molecule has 5 heteroatoms. The van der Waals surface area contributed by atoms with E-state index in [0.717, 1.165) is 25.7 Å². The SMILES string of the molecule is CCCCCCCCCCCCCCCC(O)C(=O)O.CCCCCCCCCCCCCCCCCCCCCC(=O)O. The van der Waals surface area contributed by atoms with Crippen LogP contribution < -0.4 is 0 Å². The Hall–Kier alpha value is -1.10. The highest BCUT2D eigenvalue weighted by Crippen LogP contribution is 2.15. The molecule has 1 atom stereocenters. The Morgan fingerprint density at radius 2 is 0.614 bits per heavy atom. The lowest BCUT2D eigenvalue weighted by Gasteiger charge is -2.05. The van der Waals surface area contributed by atoms with Crippen molar-refractivity contribution in [2.75, 3.05) is 0 Å². The molecule has 0 saturated carbocycles. The summed E-state index contributed by atoms with van der Waals surface area (Å²) >= 11 is 0. The number of aliphatic hydroxyl groups is 1. The predicted octanol–water partition coefficient (Wildman–Crippen LogP) is 12.8. The quantitative estimate of drug-likeness (QED) is 0.0608. The fourth-order valence-electron chi connectivity index (χ4n) is 5.83. The van der Waals surface area contributed by atoms with Crippen LogP contribution >= 0.6 is 0 Å². The third-order valence-corrected chi connectivity index (χ3v) is 8.86. The smallest absolute Gasteiger partial charge is 0.332 e. The molecule has 264 valence electrons. The van der Waals surface area contributed by atoms with Crippen molar-refractivity contribution in [2.45, 2.75) is 238 Å². The van der Waals surface area contributed by atoms with Gasteiger partial charge in [-0.1, -0.05) is 213 Å². The number of aliphatic carboxylic acids is 2. The van der Waals surface area contributed by atoms with E-state index in [4.69, 9.17) is 15.3 Å². The van der Waals surface area contributed by atoms with E-state index >= 15 is 0 Å². The number of rotatable bonds is 35. The molecule has 0 aliphatic carbocycles. The third-order valence-electron chi connectivity index (χ3n) is 8.86. The maximum Gasteiger partial charge on any atom is 0.332 e. The highest BCUT2D eigenvalue weighted by molar-refractivity contribution is 5.71. The molecule has 0 bridgehead atoms. The molecule has 0 spiro atoms. The zero-order valence-corrected chi connectivity index (χ0v) is 29.8. The number of hydrogen-bond donors (Lipinski definition) is 3. The molecule has 0 aliphatic heterocycles. The summed E-state index contributed by atoms with van der Waals surface area (Å²) in [6.45, 7) is 4.54. The van der Waals surface area contributed by atoms with Gasteiger partial charge in [0.05, 0.1) is 0 Å². The highest BCUT2D eigenvalue weighted by atomic mass is 16.4. The van der Waals surface area contributed by atoms with Crippen molar-refractivity contribution in [3.8, 4) is 0 Å². The minimum Gasteiger partial charge on any atom is -0.481 e. The Morgan fingerprint density at radius 3 is 0.841 bits per heavy atom. The van der Waals surface area contributed by atoms with Crippen LogP contribution in [0.15, 0.2) is 0 Å². The van der Waals surface area contributed by atoms with Gasteiger partial charge in [0.2, 0.25) is 0 Å². The van der Waals surface area contributed by atoms with Gasteiger partial charge in [-0.2, -0.15) is 0 Å². The number of carboxylic acid groups (broad SMARTS) is 2. The minimum absolute atomic E-state index is 0.346. The first-order valence-corrected chi connectivity index (χ1v) is 19.6. The Kier molecular flexibility index (Phi) is 40.9. The van der Waals surface area contributed by atoms with Gasteiger partial charge in [-0.05, 0) is 12.8 Å². The van der Waals surface area contributed by atoms with Crippen LogP contribution in [0.5, 0.6) is 0 Å². The standard InChI is InChI=1S/C22H44O2.C17H34O3/c1-2-3-4-5-6-7-8-9-10-11-12-13-14-15-16-17-18-19-20-21-22(23)24;1-2-3-4-5-6-7-8-9-10-11-12-13-14-15-16(18)17(19)20/h2-21H2,1H3,(H,23,24);16,18H,2-15H2,1H3,(H,19,20). The first-order valence-electron chi connectivity index (χ1n) is 19.6. The summed E-state index contributed by atoms with van der Waals surface area (Å²) in [5.41, 5.74) is 0. The van der Waals surface area contributed by atoms with Gasteiger partial charge in [0.1, 0.15) is 0 Å². The van der Waals surface area contributed by atoms with E-state index in [1.807, 2.05) is 0 Å². The van der Waals surface area contributed by atoms with E-state index in [1.54, 1.807) is 0 Å². The largest absolute Gasteiger partial charge is 0.481 e. The van der Waals surface area contributed by atoms with Crippen molar-refractivity contribution in [1.29, 1.82) is 0 Å². The first kappa shape index (κ1) is 45.0. The van der Waals surface area contributed by atoms with Crippen molar-refractivity contribution in [1.82, 2.24) is 0 Å². The van der Waals surface area contributed by atoms with Crippen LogP contribution in [-0.4, -0.2) is 33.4 Å². The van der Waals surface area contributed by atoms with Crippen LogP contribution in [0.25, 0.3) is 0 Å².